The normalized spacial score (nSPS) is 25.0. The van der Waals surface area contributed by atoms with Crippen LogP contribution in [0.25, 0.3) is 0 Å². The van der Waals surface area contributed by atoms with Crippen LogP contribution in [0.1, 0.15) is 77.0 Å². The minimum atomic E-state index is -1.04. The molecular weight excluding hydrogens is 372 g/mol. The average Bonchev–Trinajstić information content (AvgIpc) is 3.18. The van der Waals surface area contributed by atoms with E-state index in [0.717, 1.165) is 18.9 Å². The minimum absolute atomic E-state index is 0.188. The fraction of sp³-hybridized carbons (Fsp3) is 0.714. The molecule has 0 saturated heterocycles. The molecule has 8 heteroatoms. The number of allylic oxidation sites excluding steroid dienone is 1. The van der Waals surface area contributed by atoms with Crippen LogP contribution in [0.4, 0.5) is 0 Å². The Hall–Kier alpha value is -2.38. The van der Waals surface area contributed by atoms with Crippen molar-refractivity contribution in [1.29, 1.82) is 0 Å². The monoisotopic (exact) mass is 404 g/mol. The summed E-state index contributed by atoms with van der Waals surface area (Å²) in [4.78, 5) is 25.7. The molecule has 160 valence electrons. The predicted octanol–water partition coefficient (Wildman–Crippen LogP) is 4.80. The molecule has 0 aromatic heterocycles. The molecule has 0 N–H and O–H groups in total. The first-order valence-corrected chi connectivity index (χ1v) is 11.0. The second-order valence-corrected chi connectivity index (χ2v) is 8.38. The SMILES string of the molecule is O=[N+]([O-])C1=CC([N+](=O)[O-])CC(N2C=CN(C3CCCCCCCCCCC3)C2)=C1. The van der Waals surface area contributed by atoms with Gasteiger partial charge in [-0.1, -0.05) is 57.8 Å². The highest BCUT2D eigenvalue weighted by Gasteiger charge is 2.32. The Morgan fingerprint density at radius 1 is 0.862 bits per heavy atom. The number of hydrogen-bond donors (Lipinski definition) is 0. The maximum absolute atomic E-state index is 11.2. The van der Waals surface area contributed by atoms with E-state index >= 15 is 0 Å². The van der Waals surface area contributed by atoms with E-state index in [1.54, 1.807) is 0 Å². The summed E-state index contributed by atoms with van der Waals surface area (Å²) in [6.45, 7) is 0.617. The Morgan fingerprint density at radius 2 is 1.45 bits per heavy atom. The first-order valence-electron chi connectivity index (χ1n) is 11.0. The maximum Gasteiger partial charge on any atom is 0.274 e. The molecule has 1 aliphatic heterocycles. The van der Waals surface area contributed by atoms with Crippen molar-refractivity contribution in [2.24, 2.45) is 0 Å². The van der Waals surface area contributed by atoms with Crippen molar-refractivity contribution in [2.75, 3.05) is 6.67 Å². The minimum Gasteiger partial charge on any atom is -0.355 e. The first-order chi connectivity index (χ1) is 14.0. The van der Waals surface area contributed by atoms with Gasteiger partial charge in [0, 0.05) is 35.1 Å². The van der Waals surface area contributed by atoms with Crippen LogP contribution in [0.5, 0.6) is 0 Å². The lowest BCUT2D eigenvalue weighted by atomic mass is 9.97. The van der Waals surface area contributed by atoms with Gasteiger partial charge in [-0.05, 0) is 12.8 Å². The van der Waals surface area contributed by atoms with E-state index < -0.39 is 15.9 Å². The molecule has 3 rings (SSSR count). The van der Waals surface area contributed by atoms with Gasteiger partial charge < -0.3 is 9.80 Å². The third-order valence-corrected chi connectivity index (χ3v) is 6.24. The molecule has 1 atom stereocenters. The summed E-state index contributed by atoms with van der Waals surface area (Å²) in [5, 5.41) is 22.4. The zero-order valence-electron chi connectivity index (χ0n) is 17.1. The third kappa shape index (κ3) is 6.05. The standard InChI is InChI=1S/C21H32N4O4/c26-24(27)20-14-19(15-21(16-20)25(28)29)23-13-12-22(17-23)18-10-8-6-4-2-1-3-5-7-9-11-18/h12-14,16,18,21H,1-11,15,17H2. The van der Waals surface area contributed by atoms with E-state index in [-0.39, 0.29) is 12.1 Å². The van der Waals surface area contributed by atoms with Crippen LogP contribution in [0.15, 0.2) is 35.9 Å². The van der Waals surface area contributed by atoms with Gasteiger partial charge in [0.2, 0.25) is 6.04 Å². The Kier molecular flexibility index (Phi) is 7.66. The summed E-state index contributed by atoms with van der Waals surface area (Å²) in [6.07, 6.45) is 20.8. The summed E-state index contributed by atoms with van der Waals surface area (Å²) < 4.78 is 0. The predicted molar refractivity (Wildman–Crippen MR) is 111 cm³/mol. The van der Waals surface area contributed by atoms with Gasteiger partial charge in [-0.25, -0.2) is 0 Å². The van der Waals surface area contributed by atoms with Crippen molar-refractivity contribution >= 4 is 0 Å². The number of nitro groups is 2. The summed E-state index contributed by atoms with van der Waals surface area (Å²) in [5.41, 5.74) is 0.457. The van der Waals surface area contributed by atoms with Crippen LogP contribution in [0.2, 0.25) is 0 Å². The van der Waals surface area contributed by atoms with Crippen molar-refractivity contribution in [3.05, 3.63) is 56.2 Å². The quantitative estimate of drug-likeness (QED) is 0.493. The van der Waals surface area contributed by atoms with Gasteiger partial charge in [0.25, 0.3) is 5.70 Å². The number of rotatable bonds is 4. The van der Waals surface area contributed by atoms with Crippen LogP contribution in [-0.4, -0.2) is 38.4 Å². The molecule has 1 fully saturated rings. The van der Waals surface area contributed by atoms with Crippen LogP contribution in [0.3, 0.4) is 0 Å². The molecule has 3 aliphatic rings. The van der Waals surface area contributed by atoms with Crippen LogP contribution < -0.4 is 0 Å². The van der Waals surface area contributed by atoms with Crippen molar-refractivity contribution < 1.29 is 9.85 Å². The van der Waals surface area contributed by atoms with Gasteiger partial charge in [-0.3, -0.25) is 20.2 Å². The largest absolute Gasteiger partial charge is 0.355 e. The molecule has 1 heterocycles. The number of nitrogens with zero attached hydrogens (tertiary/aromatic N) is 4. The van der Waals surface area contributed by atoms with E-state index in [0.29, 0.717) is 18.4 Å². The van der Waals surface area contributed by atoms with Crippen molar-refractivity contribution in [3.63, 3.8) is 0 Å². The van der Waals surface area contributed by atoms with Gasteiger partial charge in [0.05, 0.1) is 24.1 Å². The second-order valence-electron chi connectivity index (χ2n) is 8.38. The fourth-order valence-corrected chi connectivity index (χ4v) is 4.53. The lowest BCUT2D eigenvalue weighted by Gasteiger charge is -2.31. The molecule has 0 aromatic carbocycles. The van der Waals surface area contributed by atoms with Gasteiger partial charge in [-0.2, -0.15) is 0 Å². The van der Waals surface area contributed by atoms with Crippen LogP contribution >= 0.6 is 0 Å². The maximum atomic E-state index is 11.2. The van der Waals surface area contributed by atoms with E-state index in [4.69, 9.17) is 0 Å². The molecule has 1 saturated carbocycles. The molecule has 0 amide bonds. The molecule has 0 bridgehead atoms. The Labute approximate surface area is 172 Å². The molecule has 29 heavy (non-hydrogen) atoms. The zero-order chi connectivity index (χ0) is 20.6. The lowest BCUT2D eigenvalue weighted by molar-refractivity contribution is -0.512. The molecule has 1 unspecified atom stereocenters. The lowest BCUT2D eigenvalue weighted by Crippen LogP contribution is -2.35. The topological polar surface area (TPSA) is 92.8 Å². The molecule has 0 radical (unpaired) electrons. The molecule has 0 spiro atoms. The van der Waals surface area contributed by atoms with Gasteiger partial charge >= 0.3 is 0 Å². The molecule has 8 nitrogen and oxygen atoms in total. The summed E-state index contributed by atoms with van der Waals surface area (Å²) >= 11 is 0. The second kappa shape index (κ2) is 10.4. The average molecular weight is 405 g/mol. The summed E-state index contributed by atoms with van der Waals surface area (Å²) in [7, 11) is 0. The zero-order valence-corrected chi connectivity index (χ0v) is 17.1. The van der Waals surface area contributed by atoms with Gasteiger partial charge in [-0.15, -0.1) is 0 Å². The molecule has 0 aromatic rings. The van der Waals surface area contributed by atoms with E-state index in [1.165, 1.54) is 63.9 Å². The highest BCUT2D eigenvalue weighted by Crippen LogP contribution is 2.29. The van der Waals surface area contributed by atoms with Gasteiger partial charge in [0.1, 0.15) is 0 Å². The highest BCUT2D eigenvalue weighted by atomic mass is 16.6. The van der Waals surface area contributed by atoms with E-state index in [1.807, 2.05) is 11.1 Å². The Morgan fingerprint density at radius 3 is 2.00 bits per heavy atom. The van der Waals surface area contributed by atoms with Crippen molar-refractivity contribution in [3.8, 4) is 0 Å². The molecule has 2 aliphatic carbocycles. The summed E-state index contributed by atoms with van der Waals surface area (Å²) in [5.74, 6) is 0. The van der Waals surface area contributed by atoms with Crippen LogP contribution in [0, 0.1) is 20.2 Å². The number of hydrogen-bond acceptors (Lipinski definition) is 6. The Bertz CT molecular complexity index is 676. The summed E-state index contributed by atoms with van der Waals surface area (Å²) in [6, 6.07) is -0.573. The highest BCUT2D eigenvalue weighted by molar-refractivity contribution is 5.26. The fourth-order valence-electron chi connectivity index (χ4n) is 4.53. The third-order valence-electron chi connectivity index (χ3n) is 6.24. The van der Waals surface area contributed by atoms with Crippen molar-refractivity contribution in [2.45, 2.75) is 89.1 Å². The van der Waals surface area contributed by atoms with E-state index in [9.17, 15) is 20.2 Å². The molecular formula is C21H32N4O4. The smallest absolute Gasteiger partial charge is 0.274 e. The van der Waals surface area contributed by atoms with Gasteiger partial charge in [0.15, 0.2) is 0 Å². The Balaban J connectivity index is 1.63. The van der Waals surface area contributed by atoms with Crippen LogP contribution in [-0.2, 0) is 0 Å². The van der Waals surface area contributed by atoms with Crippen molar-refractivity contribution in [1.82, 2.24) is 9.80 Å². The first kappa shape index (κ1) is 21.3. The van der Waals surface area contributed by atoms with E-state index in [2.05, 4.69) is 11.1 Å².